The highest BCUT2D eigenvalue weighted by atomic mass is 16.5. The predicted molar refractivity (Wildman–Crippen MR) is 102 cm³/mol. The van der Waals surface area contributed by atoms with Gasteiger partial charge in [0.2, 0.25) is 5.88 Å². The van der Waals surface area contributed by atoms with Crippen molar-refractivity contribution in [3.8, 4) is 11.6 Å². The molecule has 8 nitrogen and oxygen atoms in total. The van der Waals surface area contributed by atoms with Crippen LogP contribution in [0.5, 0.6) is 5.88 Å². The first-order valence-corrected chi connectivity index (χ1v) is 9.34. The van der Waals surface area contributed by atoms with Crippen LogP contribution in [0.15, 0.2) is 42.6 Å². The molecule has 1 saturated heterocycles. The molecule has 0 unspecified atom stereocenters. The summed E-state index contributed by atoms with van der Waals surface area (Å²) in [5.41, 5.74) is 2.06. The lowest BCUT2D eigenvalue weighted by Gasteiger charge is -2.31. The predicted octanol–water partition coefficient (Wildman–Crippen LogP) is 2.36. The van der Waals surface area contributed by atoms with Crippen molar-refractivity contribution in [3.63, 3.8) is 0 Å². The summed E-state index contributed by atoms with van der Waals surface area (Å²) in [6, 6.07) is 11.4. The molecule has 0 N–H and O–H groups in total. The van der Waals surface area contributed by atoms with Crippen LogP contribution in [0.4, 0.5) is 0 Å². The summed E-state index contributed by atoms with van der Waals surface area (Å²) in [6.07, 6.45) is 3.06. The number of piperidine rings is 1. The number of hydrogen-bond acceptors (Lipinski definition) is 6. The van der Waals surface area contributed by atoms with Gasteiger partial charge in [0.15, 0.2) is 5.69 Å². The van der Waals surface area contributed by atoms with Crippen molar-refractivity contribution in [2.45, 2.75) is 32.8 Å². The lowest BCUT2D eigenvalue weighted by Crippen LogP contribution is -2.42. The summed E-state index contributed by atoms with van der Waals surface area (Å²) >= 11 is 0. The average Bonchev–Trinajstić information content (AvgIpc) is 3.18. The molecule has 3 heterocycles. The van der Waals surface area contributed by atoms with Crippen LogP contribution in [0.1, 0.15) is 34.8 Å². The van der Waals surface area contributed by atoms with Crippen LogP contribution >= 0.6 is 0 Å². The van der Waals surface area contributed by atoms with Gasteiger partial charge in [-0.25, -0.2) is 4.98 Å². The number of aromatic nitrogens is 5. The van der Waals surface area contributed by atoms with Crippen LogP contribution in [0.3, 0.4) is 0 Å². The first-order valence-electron chi connectivity index (χ1n) is 9.34. The van der Waals surface area contributed by atoms with Gasteiger partial charge in [0, 0.05) is 37.7 Å². The van der Waals surface area contributed by atoms with Gasteiger partial charge in [-0.1, -0.05) is 18.2 Å². The highest BCUT2D eigenvalue weighted by Crippen LogP contribution is 2.19. The summed E-state index contributed by atoms with van der Waals surface area (Å²) in [6.45, 7) is 5.00. The largest absolute Gasteiger partial charge is 0.474 e. The molecule has 1 amide bonds. The van der Waals surface area contributed by atoms with E-state index in [0.717, 1.165) is 24.2 Å². The number of amides is 1. The summed E-state index contributed by atoms with van der Waals surface area (Å²) in [5.74, 6) is 1.19. The van der Waals surface area contributed by atoms with E-state index in [0.29, 0.717) is 30.5 Å². The lowest BCUT2D eigenvalue weighted by atomic mass is 10.1. The topological polar surface area (TPSA) is 86.0 Å². The fourth-order valence-corrected chi connectivity index (χ4v) is 3.30. The number of carbonyl (C=O) groups excluding carboxylic acids is 1. The third kappa shape index (κ3) is 4.00. The van der Waals surface area contributed by atoms with E-state index in [4.69, 9.17) is 4.74 Å². The van der Waals surface area contributed by atoms with Gasteiger partial charge in [0.1, 0.15) is 11.9 Å². The van der Waals surface area contributed by atoms with E-state index < -0.39 is 0 Å². The smallest absolute Gasteiger partial charge is 0.276 e. The Kier molecular flexibility index (Phi) is 5.01. The molecule has 1 aliphatic rings. The quantitative estimate of drug-likeness (QED) is 0.693. The van der Waals surface area contributed by atoms with Crippen LogP contribution < -0.4 is 4.74 Å². The third-order valence-electron chi connectivity index (χ3n) is 4.66. The molecule has 1 fully saturated rings. The molecule has 0 saturated carbocycles. The maximum atomic E-state index is 12.7. The second kappa shape index (κ2) is 7.75. The van der Waals surface area contributed by atoms with Crippen molar-refractivity contribution in [2.75, 3.05) is 13.1 Å². The van der Waals surface area contributed by atoms with Crippen LogP contribution in [0.25, 0.3) is 5.69 Å². The molecular weight excluding hydrogens is 356 g/mol. The van der Waals surface area contributed by atoms with Gasteiger partial charge in [-0.15, -0.1) is 5.10 Å². The van der Waals surface area contributed by atoms with E-state index in [-0.39, 0.29) is 12.0 Å². The number of likely N-dealkylation sites (tertiary alicyclic amines) is 1. The zero-order chi connectivity index (χ0) is 19.5. The van der Waals surface area contributed by atoms with Gasteiger partial charge in [-0.3, -0.25) is 4.79 Å². The molecule has 0 bridgehead atoms. The maximum absolute atomic E-state index is 12.7. The van der Waals surface area contributed by atoms with Gasteiger partial charge in [-0.05, 0) is 26.0 Å². The Bertz CT molecular complexity index is 944. The maximum Gasteiger partial charge on any atom is 0.276 e. The molecule has 8 heteroatoms. The monoisotopic (exact) mass is 378 g/mol. The molecule has 4 rings (SSSR count). The zero-order valence-corrected chi connectivity index (χ0v) is 15.9. The van der Waals surface area contributed by atoms with Gasteiger partial charge in [0.25, 0.3) is 5.91 Å². The number of hydrogen-bond donors (Lipinski definition) is 0. The van der Waals surface area contributed by atoms with Gasteiger partial charge in [-0.2, -0.15) is 14.9 Å². The van der Waals surface area contributed by atoms with Crippen LogP contribution in [-0.4, -0.2) is 55.0 Å². The number of nitrogens with zero attached hydrogens (tertiary/aromatic N) is 6. The molecule has 1 aromatic carbocycles. The third-order valence-corrected chi connectivity index (χ3v) is 4.66. The normalized spacial score (nSPS) is 14.9. The second-order valence-corrected chi connectivity index (χ2v) is 6.86. The Morgan fingerprint density at radius 1 is 1.11 bits per heavy atom. The average molecular weight is 378 g/mol. The highest BCUT2D eigenvalue weighted by Gasteiger charge is 2.26. The first-order chi connectivity index (χ1) is 13.6. The number of carbonyl (C=O) groups is 1. The molecule has 28 heavy (non-hydrogen) atoms. The SMILES string of the molecule is Cc1cc(OC2CCN(C(=O)c3cnn(-c4ccccc4)n3)CC2)nc(C)n1. The number of aryl methyl sites for hydroxylation is 2. The van der Waals surface area contributed by atoms with Crippen molar-refractivity contribution >= 4 is 5.91 Å². The van der Waals surface area contributed by atoms with Crippen molar-refractivity contribution < 1.29 is 9.53 Å². The summed E-state index contributed by atoms with van der Waals surface area (Å²) in [5, 5.41) is 8.54. The van der Waals surface area contributed by atoms with Crippen molar-refractivity contribution in [1.82, 2.24) is 29.9 Å². The van der Waals surface area contributed by atoms with E-state index in [1.807, 2.05) is 50.2 Å². The number of rotatable bonds is 4. The molecule has 3 aromatic rings. The van der Waals surface area contributed by atoms with Crippen LogP contribution in [-0.2, 0) is 0 Å². The van der Waals surface area contributed by atoms with Crippen LogP contribution in [0.2, 0.25) is 0 Å². The molecular formula is C20H22N6O2. The minimum absolute atomic E-state index is 0.0396. The van der Waals surface area contributed by atoms with E-state index in [9.17, 15) is 4.79 Å². The Morgan fingerprint density at radius 3 is 2.57 bits per heavy atom. The number of para-hydroxylation sites is 1. The van der Waals surface area contributed by atoms with E-state index in [1.54, 1.807) is 4.90 Å². The number of benzene rings is 1. The first kappa shape index (κ1) is 18.1. The Balaban J connectivity index is 1.36. The molecule has 0 aliphatic carbocycles. The van der Waals surface area contributed by atoms with Gasteiger partial charge < -0.3 is 9.64 Å². The molecule has 144 valence electrons. The molecule has 0 spiro atoms. The highest BCUT2D eigenvalue weighted by molar-refractivity contribution is 5.92. The lowest BCUT2D eigenvalue weighted by molar-refractivity contribution is 0.0581. The second-order valence-electron chi connectivity index (χ2n) is 6.86. The summed E-state index contributed by atoms with van der Waals surface area (Å²) in [4.78, 5) is 24.6. The zero-order valence-electron chi connectivity index (χ0n) is 15.9. The standard InChI is InChI=1S/C20H22N6O2/c1-14-12-19(23-15(2)22-14)28-17-8-10-25(11-9-17)20(27)18-13-21-26(24-18)16-6-4-3-5-7-16/h3-7,12-13,17H,8-11H2,1-2H3. The van der Waals surface area contributed by atoms with Crippen molar-refractivity contribution in [3.05, 3.63) is 59.8 Å². The Labute approximate surface area is 163 Å². The molecule has 0 radical (unpaired) electrons. The molecule has 2 aromatic heterocycles. The van der Waals surface area contributed by atoms with E-state index in [2.05, 4.69) is 20.2 Å². The minimum atomic E-state index is -0.102. The van der Waals surface area contributed by atoms with Crippen molar-refractivity contribution in [2.24, 2.45) is 0 Å². The summed E-state index contributed by atoms with van der Waals surface area (Å²) < 4.78 is 5.99. The Morgan fingerprint density at radius 2 is 1.86 bits per heavy atom. The minimum Gasteiger partial charge on any atom is -0.474 e. The van der Waals surface area contributed by atoms with Gasteiger partial charge >= 0.3 is 0 Å². The summed E-state index contributed by atoms with van der Waals surface area (Å²) in [7, 11) is 0. The molecule has 0 atom stereocenters. The fourth-order valence-electron chi connectivity index (χ4n) is 3.30. The van der Waals surface area contributed by atoms with E-state index >= 15 is 0 Å². The van der Waals surface area contributed by atoms with Crippen LogP contribution in [0, 0.1) is 13.8 Å². The Hall–Kier alpha value is -3.29. The van der Waals surface area contributed by atoms with Gasteiger partial charge in [0.05, 0.1) is 11.9 Å². The van der Waals surface area contributed by atoms with Crippen molar-refractivity contribution in [1.29, 1.82) is 0 Å². The molecule has 1 aliphatic heterocycles. The number of ether oxygens (including phenoxy) is 1. The fraction of sp³-hybridized carbons (Fsp3) is 0.350. The van der Waals surface area contributed by atoms with E-state index in [1.165, 1.54) is 11.0 Å².